The molecule has 0 heterocycles. The molecule has 1 unspecified atom stereocenters. The van der Waals surface area contributed by atoms with E-state index in [0.717, 1.165) is 0 Å². The van der Waals surface area contributed by atoms with Crippen molar-refractivity contribution in [3.63, 3.8) is 0 Å². The molecule has 0 spiro atoms. The Morgan fingerprint density at radius 2 is 2.06 bits per heavy atom. The lowest BCUT2D eigenvalue weighted by Gasteiger charge is -2.14. The molecule has 1 aromatic rings. The molecule has 0 bridgehead atoms. The van der Waals surface area contributed by atoms with Gasteiger partial charge < -0.3 is 14.6 Å². The first-order chi connectivity index (χ1) is 8.66. The highest BCUT2D eigenvalue weighted by molar-refractivity contribution is 6.31. The zero-order valence-corrected chi connectivity index (χ0v) is 11.0. The number of carboxylic acids is 1. The molecule has 0 aliphatic rings. The number of aliphatic carboxylic acids is 1. The minimum atomic E-state index is -0.890. The van der Waals surface area contributed by atoms with Crippen LogP contribution in [0.1, 0.15) is 17.9 Å². The third-order valence-electron chi connectivity index (χ3n) is 2.56. The molecule has 0 fully saturated rings. The monoisotopic (exact) mass is 272 g/mol. The number of ether oxygens (including phenoxy) is 2. The van der Waals surface area contributed by atoms with E-state index >= 15 is 0 Å². The van der Waals surface area contributed by atoms with Gasteiger partial charge in [-0.25, -0.2) is 0 Å². The zero-order valence-electron chi connectivity index (χ0n) is 10.3. The minimum absolute atomic E-state index is 0.367. The Balaban J connectivity index is 2.56. The summed E-state index contributed by atoms with van der Waals surface area (Å²) in [6.07, 6.45) is 0.392. The molecule has 5 heteroatoms. The largest absolute Gasteiger partial charge is 0.481 e. The van der Waals surface area contributed by atoms with Crippen LogP contribution in [0.4, 0.5) is 0 Å². The van der Waals surface area contributed by atoms with Crippen molar-refractivity contribution >= 4 is 17.6 Å². The Morgan fingerprint density at radius 1 is 1.33 bits per heavy atom. The number of hydrogen-bond acceptors (Lipinski definition) is 3. The first-order valence-electron chi connectivity index (χ1n) is 5.70. The van der Waals surface area contributed by atoms with Crippen molar-refractivity contribution in [1.29, 1.82) is 0 Å². The lowest BCUT2D eigenvalue weighted by molar-refractivity contribution is -0.139. The summed E-state index contributed by atoms with van der Waals surface area (Å²) >= 11 is 6.00. The van der Waals surface area contributed by atoms with Gasteiger partial charge in [-0.3, -0.25) is 4.79 Å². The van der Waals surface area contributed by atoms with Crippen LogP contribution >= 0.6 is 11.6 Å². The van der Waals surface area contributed by atoms with Crippen LogP contribution in [-0.4, -0.2) is 38.0 Å². The van der Waals surface area contributed by atoms with E-state index < -0.39 is 11.9 Å². The maximum absolute atomic E-state index is 11.2. The smallest absolute Gasteiger partial charge is 0.311 e. The first kappa shape index (κ1) is 15.0. The lowest BCUT2D eigenvalue weighted by Crippen LogP contribution is -2.15. The fourth-order valence-corrected chi connectivity index (χ4v) is 1.88. The second kappa shape index (κ2) is 8.08. The summed E-state index contributed by atoms with van der Waals surface area (Å²) < 4.78 is 10.1. The van der Waals surface area contributed by atoms with Gasteiger partial charge in [0.25, 0.3) is 0 Å². The summed E-state index contributed by atoms with van der Waals surface area (Å²) in [5.74, 6) is -1.53. The minimum Gasteiger partial charge on any atom is -0.481 e. The van der Waals surface area contributed by atoms with E-state index in [1.54, 1.807) is 31.4 Å². The van der Waals surface area contributed by atoms with Crippen LogP contribution in [0.5, 0.6) is 0 Å². The lowest BCUT2D eigenvalue weighted by atomic mass is 9.96. The van der Waals surface area contributed by atoms with Crippen LogP contribution in [0.2, 0.25) is 5.02 Å². The van der Waals surface area contributed by atoms with E-state index in [9.17, 15) is 9.90 Å². The Morgan fingerprint density at radius 3 is 2.67 bits per heavy atom. The van der Waals surface area contributed by atoms with E-state index in [0.29, 0.717) is 36.8 Å². The number of rotatable bonds is 8. The van der Waals surface area contributed by atoms with Crippen LogP contribution < -0.4 is 0 Å². The number of methoxy groups -OCH3 is 1. The van der Waals surface area contributed by atoms with Gasteiger partial charge in [-0.05, 0) is 18.1 Å². The molecule has 0 saturated carbocycles. The molecule has 0 aromatic heterocycles. The molecule has 1 N–H and O–H groups in total. The van der Waals surface area contributed by atoms with Gasteiger partial charge in [0.1, 0.15) is 0 Å². The normalized spacial score (nSPS) is 12.3. The molecule has 1 aromatic carbocycles. The SMILES string of the molecule is COCCOCCC(C(=O)O)c1ccccc1Cl. The summed E-state index contributed by atoms with van der Waals surface area (Å²) in [4.78, 5) is 11.2. The molecule has 0 radical (unpaired) electrons. The molecular formula is C13H17ClO4. The van der Waals surface area contributed by atoms with Gasteiger partial charge in [-0.15, -0.1) is 0 Å². The molecule has 18 heavy (non-hydrogen) atoms. The molecule has 0 saturated heterocycles. The van der Waals surface area contributed by atoms with Crippen LogP contribution in [0.15, 0.2) is 24.3 Å². The van der Waals surface area contributed by atoms with Gasteiger partial charge in [0.05, 0.1) is 19.1 Å². The molecular weight excluding hydrogens is 256 g/mol. The van der Waals surface area contributed by atoms with Crippen molar-refractivity contribution in [2.75, 3.05) is 26.9 Å². The van der Waals surface area contributed by atoms with Crippen molar-refractivity contribution in [3.05, 3.63) is 34.9 Å². The molecule has 0 amide bonds. The van der Waals surface area contributed by atoms with Crippen LogP contribution in [0, 0.1) is 0 Å². The highest BCUT2D eigenvalue weighted by Gasteiger charge is 2.21. The first-order valence-corrected chi connectivity index (χ1v) is 6.08. The molecule has 1 rings (SSSR count). The molecule has 1 atom stereocenters. The van der Waals surface area contributed by atoms with Crippen molar-refractivity contribution in [1.82, 2.24) is 0 Å². The predicted octanol–water partition coefficient (Wildman–Crippen LogP) is 2.56. The number of benzene rings is 1. The zero-order chi connectivity index (χ0) is 13.4. The van der Waals surface area contributed by atoms with Crippen molar-refractivity contribution in [2.24, 2.45) is 0 Å². The quantitative estimate of drug-likeness (QED) is 0.739. The van der Waals surface area contributed by atoms with E-state index in [2.05, 4.69) is 0 Å². The molecule has 0 aliphatic heterocycles. The molecule has 0 aliphatic carbocycles. The standard InChI is InChI=1S/C13H17ClO4/c1-17-8-9-18-7-6-11(13(15)16)10-4-2-3-5-12(10)14/h2-5,11H,6-9H2,1H3,(H,15,16). The Hall–Kier alpha value is -1.10. The second-order valence-electron chi connectivity index (χ2n) is 3.81. The topological polar surface area (TPSA) is 55.8 Å². The van der Waals surface area contributed by atoms with E-state index in [1.165, 1.54) is 0 Å². The van der Waals surface area contributed by atoms with Crippen LogP contribution in [-0.2, 0) is 14.3 Å². The second-order valence-corrected chi connectivity index (χ2v) is 4.21. The summed E-state index contributed by atoms with van der Waals surface area (Å²) in [6, 6.07) is 6.98. The fraction of sp³-hybridized carbons (Fsp3) is 0.462. The van der Waals surface area contributed by atoms with Gasteiger partial charge in [0, 0.05) is 18.7 Å². The summed E-state index contributed by atoms with van der Waals surface area (Å²) in [5, 5.41) is 9.69. The number of halogens is 1. The fourth-order valence-electron chi connectivity index (χ4n) is 1.62. The van der Waals surface area contributed by atoms with Crippen molar-refractivity contribution in [3.8, 4) is 0 Å². The van der Waals surface area contributed by atoms with Crippen molar-refractivity contribution in [2.45, 2.75) is 12.3 Å². The molecule has 4 nitrogen and oxygen atoms in total. The maximum atomic E-state index is 11.2. The molecule has 100 valence electrons. The predicted molar refractivity (Wildman–Crippen MR) is 69.1 cm³/mol. The maximum Gasteiger partial charge on any atom is 0.311 e. The van der Waals surface area contributed by atoms with E-state index in [1.807, 2.05) is 0 Å². The summed E-state index contributed by atoms with van der Waals surface area (Å²) in [7, 11) is 1.59. The van der Waals surface area contributed by atoms with Crippen LogP contribution in [0.25, 0.3) is 0 Å². The van der Waals surface area contributed by atoms with E-state index in [-0.39, 0.29) is 0 Å². The Bertz CT molecular complexity index is 381. The third-order valence-corrected chi connectivity index (χ3v) is 2.91. The van der Waals surface area contributed by atoms with Gasteiger partial charge >= 0.3 is 5.97 Å². The van der Waals surface area contributed by atoms with Gasteiger partial charge in [0.2, 0.25) is 0 Å². The van der Waals surface area contributed by atoms with Crippen LogP contribution in [0.3, 0.4) is 0 Å². The van der Waals surface area contributed by atoms with Gasteiger partial charge in [-0.2, -0.15) is 0 Å². The third kappa shape index (κ3) is 4.64. The highest BCUT2D eigenvalue weighted by Crippen LogP contribution is 2.27. The van der Waals surface area contributed by atoms with E-state index in [4.69, 9.17) is 21.1 Å². The average Bonchev–Trinajstić information content (AvgIpc) is 2.35. The van der Waals surface area contributed by atoms with Crippen molar-refractivity contribution < 1.29 is 19.4 Å². The van der Waals surface area contributed by atoms with Gasteiger partial charge in [-0.1, -0.05) is 29.8 Å². The number of hydrogen-bond donors (Lipinski definition) is 1. The number of carbonyl (C=O) groups is 1. The summed E-state index contributed by atoms with van der Waals surface area (Å²) in [6.45, 7) is 1.33. The average molecular weight is 273 g/mol. The van der Waals surface area contributed by atoms with Gasteiger partial charge in [0.15, 0.2) is 0 Å². The summed E-state index contributed by atoms with van der Waals surface area (Å²) in [5.41, 5.74) is 0.627. The number of carboxylic acid groups (broad SMARTS) is 1. The Kier molecular flexibility index (Phi) is 6.72. The Labute approximate surface area is 111 Å². The highest BCUT2D eigenvalue weighted by atomic mass is 35.5.